The van der Waals surface area contributed by atoms with Crippen molar-refractivity contribution in [3.63, 3.8) is 0 Å². The van der Waals surface area contributed by atoms with Crippen LogP contribution >= 0.6 is 22.9 Å². The first kappa shape index (κ1) is 20.8. The molecule has 0 bridgehead atoms. The highest BCUT2D eigenvalue weighted by Gasteiger charge is 2.19. The van der Waals surface area contributed by atoms with Gasteiger partial charge in [0, 0.05) is 42.6 Å². The van der Waals surface area contributed by atoms with Crippen LogP contribution in [0.25, 0.3) is 11.3 Å². The fourth-order valence-corrected chi connectivity index (χ4v) is 4.69. The van der Waals surface area contributed by atoms with Crippen molar-refractivity contribution in [2.24, 2.45) is 0 Å². The van der Waals surface area contributed by atoms with E-state index in [0.717, 1.165) is 42.8 Å². The summed E-state index contributed by atoms with van der Waals surface area (Å²) in [7, 11) is 0. The van der Waals surface area contributed by atoms with Gasteiger partial charge in [-0.1, -0.05) is 47.9 Å². The lowest BCUT2D eigenvalue weighted by Crippen LogP contribution is -2.35. The van der Waals surface area contributed by atoms with E-state index in [1.807, 2.05) is 37.3 Å². The molecule has 0 aliphatic carbocycles. The zero-order valence-electron chi connectivity index (χ0n) is 16.9. The third-order valence-electron chi connectivity index (χ3n) is 5.48. The maximum Gasteiger partial charge on any atom is 0.173 e. The minimum absolute atomic E-state index is 0.0536. The molecule has 5 nitrogen and oxygen atoms in total. The number of benzene rings is 1. The molecule has 1 saturated heterocycles. The number of carbonyl (C=O) groups is 1. The predicted molar refractivity (Wildman–Crippen MR) is 121 cm³/mol. The molecule has 4 rings (SSSR count). The fourth-order valence-electron chi connectivity index (χ4n) is 3.70. The summed E-state index contributed by atoms with van der Waals surface area (Å²) in [6.45, 7) is 3.88. The lowest BCUT2D eigenvalue weighted by Gasteiger charge is -2.29. The van der Waals surface area contributed by atoms with Gasteiger partial charge in [-0.25, -0.2) is 0 Å². The quantitative estimate of drug-likeness (QED) is 0.279. The Morgan fingerprint density at radius 1 is 1.20 bits per heavy atom. The molecule has 3 aromatic rings. The van der Waals surface area contributed by atoms with Gasteiger partial charge in [-0.3, -0.25) is 10.2 Å². The van der Waals surface area contributed by atoms with Crippen molar-refractivity contribution < 1.29 is 9.32 Å². The van der Waals surface area contributed by atoms with Gasteiger partial charge in [-0.05, 0) is 31.4 Å². The molecule has 1 fully saturated rings. The Morgan fingerprint density at radius 2 is 1.93 bits per heavy atom. The predicted octanol–water partition coefficient (Wildman–Crippen LogP) is 6.24. The van der Waals surface area contributed by atoms with Crippen molar-refractivity contribution in [3.8, 4) is 11.3 Å². The Balaban J connectivity index is 1.41. The molecular formula is C23H24ClN3O2S. The smallest absolute Gasteiger partial charge is 0.173 e. The van der Waals surface area contributed by atoms with E-state index < -0.39 is 0 Å². The first-order valence-corrected chi connectivity index (χ1v) is 11.4. The van der Waals surface area contributed by atoms with Crippen LogP contribution in [0.1, 0.15) is 59.5 Å². The van der Waals surface area contributed by atoms with Crippen molar-refractivity contribution in [1.82, 2.24) is 10.1 Å². The number of thiophene rings is 1. The van der Waals surface area contributed by atoms with Gasteiger partial charge in [0.05, 0.1) is 9.21 Å². The fraction of sp³-hybridized carbons (Fsp3) is 0.348. The summed E-state index contributed by atoms with van der Waals surface area (Å²) in [5.74, 6) is 1.25. The Hall–Kier alpha value is -2.44. The number of nitrogens with zero attached hydrogens (tertiary/aromatic N) is 2. The van der Waals surface area contributed by atoms with E-state index in [1.54, 1.807) is 12.1 Å². The number of hydrogen-bond donors (Lipinski definition) is 1. The lowest BCUT2D eigenvalue weighted by atomic mass is 10.00. The van der Waals surface area contributed by atoms with Crippen LogP contribution in [0, 0.1) is 5.41 Å². The average Bonchev–Trinajstić information content (AvgIpc) is 3.43. The molecule has 0 amide bonds. The highest BCUT2D eigenvalue weighted by atomic mass is 35.5. The molecule has 30 heavy (non-hydrogen) atoms. The van der Waals surface area contributed by atoms with Crippen LogP contribution in [0.5, 0.6) is 0 Å². The number of ketones is 1. The Bertz CT molecular complexity index is 1030. The third-order valence-corrected chi connectivity index (χ3v) is 6.75. The molecular weight excluding hydrogens is 418 g/mol. The van der Waals surface area contributed by atoms with Crippen LogP contribution in [-0.2, 0) is 0 Å². The number of amidine groups is 1. The van der Waals surface area contributed by atoms with Crippen LogP contribution in [0.3, 0.4) is 0 Å². The normalized spacial score (nSPS) is 15.2. The minimum Gasteiger partial charge on any atom is -0.360 e. The van der Waals surface area contributed by atoms with E-state index in [-0.39, 0.29) is 11.7 Å². The standard InChI is InChI=1S/C23H24ClN3O2S/c1-15(13-19(28)21-9-10-22(24)30-21)20-14-18(26-29-20)16-5-7-17(8-6-16)23(25)27-11-3-2-4-12-27/h5-10,14-15,25H,2-4,11-13H2,1H3/t15-/m1/s1. The summed E-state index contributed by atoms with van der Waals surface area (Å²) in [6, 6.07) is 13.3. The molecule has 1 aliphatic rings. The summed E-state index contributed by atoms with van der Waals surface area (Å²) in [5, 5.41) is 12.6. The molecule has 1 aromatic carbocycles. The number of piperidine rings is 1. The van der Waals surface area contributed by atoms with Crippen molar-refractivity contribution in [1.29, 1.82) is 5.41 Å². The zero-order chi connectivity index (χ0) is 21.1. The largest absolute Gasteiger partial charge is 0.360 e. The van der Waals surface area contributed by atoms with E-state index in [9.17, 15) is 4.79 Å². The number of nitrogens with one attached hydrogen (secondary N) is 1. The lowest BCUT2D eigenvalue weighted by molar-refractivity contribution is 0.0975. The topological polar surface area (TPSA) is 70.2 Å². The van der Waals surface area contributed by atoms with Crippen molar-refractivity contribution >= 4 is 34.6 Å². The van der Waals surface area contributed by atoms with E-state index >= 15 is 0 Å². The molecule has 2 aromatic heterocycles. The third kappa shape index (κ3) is 4.65. The monoisotopic (exact) mass is 441 g/mol. The van der Waals surface area contributed by atoms with Gasteiger partial charge in [0.1, 0.15) is 17.3 Å². The van der Waals surface area contributed by atoms with Crippen molar-refractivity contribution in [2.75, 3.05) is 13.1 Å². The summed E-state index contributed by atoms with van der Waals surface area (Å²) in [5.41, 5.74) is 2.58. The van der Waals surface area contributed by atoms with E-state index in [2.05, 4.69) is 10.1 Å². The Kier molecular flexibility index (Phi) is 6.35. The molecule has 3 heterocycles. The maximum atomic E-state index is 12.4. The molecule has 1 aliphatic heterocycles. The minimum atomic E-state index is -0.0776. The number of hydrogen-bond acceptors (Lipinski definition) is 5. The molecule has 1 atom stereocenters. The average molecular weight is 442 g/mol. The number of likely N-dealkylation sites (tertiary alicyclic amines) is 1. The van der Waals surface area contributed by atoms with Gasteiger partial charge >= 0.3 is 0 Å². The van der Waals surface area contributed by atoms with Gasteiger partial charge in [-0.15, -0.1) is 11.3 Å². The molecule has 7 heteroatoms. The Morgan fingerprint density at radius 3 is 2.60 bits per heavy atom. The maximum absolute atomic E-state index is 12.4. The molecule has 0 unspecified atom stereocenters. The number of Topliss-reactive ketones (excluding diaryl/α,β-unsaturated/α-hetero) is 1. The molecule has 0 radical (unpaired) electrons. The van der Waals surface area contributed by atoms with E-state index in [4.69, 9.17) is 21.5 Å². The SMILES string of the molecule is C[C@H](CC(=O)c1ccc(Cl)s1)c1cc(-c2ccc(C(=N)N3CCCCC3)cc2)no1. The Labute approximate surface area is 185 Å². The number of carbonyl (C=O) groups excluding carboxylic acids is 1. The summed E-state index contributed by atoms with van der Waals surface area (Å²) in [4.78, 5) is 15.2. The van der Waals surface area contributed by atoms with E-state index in [1.165, 1.54) is 17.8 Å². The molecule has 0 spiro atoms. The number of aromatic nitrogens is 1. The van der Waals surface area contributed by atoms with Crippen molar-refractivity contribution in [2.45, 2.75) is 38.5 Å². The first-order valence-electron chi connectivity index (χ1n) is 10.2. The highest BCUT2D eigenvalue weighted by molar-refractivity contribution is 7.18. The highest BCUT2D eigenvalue weighted by Crippen LogP contribution is 2.29. The molecule has 156 valence electrons. The van der Waals surface area contributed by atoms with Gasteiger partial charge in [-0.2, -0.15) is 0 Å². The second-order valence-electron chi connectivity index (χ2n) is 7.72. The zero-order valence-corrected chi connectivity index (χ0v) is 18.4. The second-order valence-corrected chi connectivity index (χ2v) is 9.44. The van der Waals surface area contributed by atoms with E-state index in [0.29, 0.717) is 27.2 Å². The summed E-state index contributed by atoms with van der Waals surface area (Å²) in [6.07, 6.45) is 3.91. The van der Waals surface area contributed by atoms with Crippen molar-refractivity contribution in [3.05, 3.63) is 63.0 Å². The molecule has 1 N–H and O–H groups in total. The van der Waals surface area contributed by atoms with Crippen LogP contribution in [0.15, 0.2) is 47.0 Å². The first-order chi connectivity index (χ1) is 14.5. The van der Waals surface area contributed by atoms with Gasteiger partial charge in [0.2, 0.25) is 0 Å². The van der Waals surface area contributed by atoms with Gasteiger partial charge in [0.15, 0.2) is 5.78 Å². The number of rotatable bonds is 6. The van der Waals surface area contributed by atoms with Gasteiger partial charge < -0.3 is 9.42 Å². The second kappa shape index (κ2) is 9.14. The van der Waals surface area contributed by atoms with Crippen LogP contribution in [0.4, 0.5) is 0 Å². The van der Waals surface area contributed by atoms with Gasteiger partial charge in [0.25, 0.3) is 0 Å². The van der Waals surface area contributed by atoms with Crippen LogP contribution < -0.4 is 0 Å². The van der Waals surface area contributed by atoms with Crippen LogP contribution in [0.2, 0.25) is 4.34 Å². The van der Waals surface area contributed by atoms with Crippen LogP contribution in [-0.4, -0.2) is 34.8 Å². The summed E-state index contributed by atoms with van der Waals surface area (Å²) < 4.78 is 6.14. The molecule has 0 saturated carbocycles. The number of halogens is 1. The summed E-state index contributed by atoms with van der Waals surface area (Å²) >= 11 is 7.22.